The van der Waals surface area contributed by atoms with Crippen LogP contribution in [0.1, 0.15) is 46.6 Å². The molecule has 30 heavy (non-hydrogen) atoms. The topological polar surface area (TPSA) is 82.5 Å². The van der Waals surface area contributed by atoms with E-state index in [0.717, 1.165) is 29.7 Å². The van der Waals surface area contributed by atoms with E-state index in [1.165, 1.54) is 0 Å². The second kappa shape index (κ2) is 7.82. The molecule has 7 heteroatoms. The monoisotopic (exact) mass is 407 g/mol. The van der Waals surface area contributed by atoms with E-state index in [9.17, 15) is 9.59 Å². The molecule has 1 aliphatic rings. The summed E-state index contributed by atoms with van der Waals surface area (Å²) >= 11 is 0. The number of hydrogen-bond acceptors (Lipinski definition) is 5. The normalized spacial score (nSPS) is 15.1. The number of aromatic nitrogens is 2. The fourth-order valence-electron chi connectivity index (χ4n) is 4.08. The van der Waals surface area contributed by atoms with Gasteiger partial charge in [0.05, 0.1) is 25.6 Å². The number of methoxy groups -OCH3 is 2. The lowest BCUT2D eigenvalue weighted by molar-refractivity contribution is 0.0935. The van der Waals surface area contributed by atoms with Gasteiger partial charge in [-0.2, -0.15) is 0 Å². The summed E-state index contributed by atoms with van der Waals surface area (Å²) in [6.07, 6.45) is 3.19. The summed E-state index contributed by atoms with van der Waals surface area (Å²) in [6, 6.07) is 7.20. The van der Waals surface area contributed by atoms with Crippen molar-refractivity contribution in [2.75, 3.05) is 14.2 Å². The Morgan fingerprint density at radius 1 is 1.23 bits per heavy atom. The average molecular weight is 407 g/mol. The van der Waals surface area contributed by atoms with Crippen molar-refractivity contribution in [2.24, 2.45) is 0 Å². The number of rotatable bonds is 5. The molecular weight excluding hydrogens is 382 g/mol. The standard InChI is InChI=1S/C23H25N3O4/c1-5-26-12-17(21(27)15-8-6-13(2)24-22(15)26)23(28)25-18-9-7-14-10-19(29-3)20(30-4)11-16(14)18/h6,8,10-12,18H,5,7,9H2,1-4H3,(H,25,28). The largest absolute Gasteiger partial charge is 0.493 e. The van der Waals surface area contributed by atoms with E-state index in [1.54, 1.807) is 32.5 Å². The van der Waals surface area contributed by atoms with Crippen LogP contribution in [0.2, 0.25) is 0 Å². The van der Waals surface area contributed by atoms with Gasteiger partial charge in [-0.1, -0.05) is 0 Å². The molecule has 0 aliphatic heterocycles. The van der Waals surface area contributed by atoms with Crippen LogP contribution in [0.15, 0.2) is 35.3 Å². The Labute approximate surface area is 174 Å². The van der Waals surface area contributed by atoms with Crippen molar-refractivity contribution in [1.29, 1.82) is 0 Å². The van der Waals surface area contributed by atoms with Crippen LogP contribution in [0, 0.1) is 6.92 Å². The number of carbonyl (C=O) groups is 1. The fourth-order valence-corrected chi connectivity index (χ4v) is 4.08. The highest BCUT2D eigenvalue weighted by Gasteiger charge is 2.28. The summed E-state index contributed by atoms with van der Waals surface area (Å²) in [5, 5.41) is 3.49. The molecule has 1 aromatic carbocycles. The third-order valence-corrected chi connectivity index (χ3v) is 5.67. The van der Waals surface area contributed by atoms with E-state index in [2.05, 4.69) is 10.3 Å². The van der Waals surface area contributed by atoms with Crippen LogP contribution >= 0.6 is 0 Å². The van der Waals surface area contributed by atoms with Crippen LogP contribution < -0.4 is 20.2 Å². The molecule has 0 fully saturated rings. The van der Waals surface area contributed by atoms with E-state index in [0.29, 0.717) is 29.1 Å². The highest BCUT2D eigenvalue weighted by molar-refractivity contribution is 5.97. The minimum Gasteiger partial charge on any atom is -0.493 e. The molecule has 0 saturated carbocycles. The van der Waals surface area contributed by atoms with E-state index >= 15 is 0 Å². The molecule has 1 atom stereocenters. The molecule has 156 valence electrons. The zero-order valence-corrected chi connectivity index (χ0v) is 17.6. The summed E-state index contributed by atoms with van der Waals surface area (Å²) in [6.45, 7) is 4.45. The first-order valence-corrected chi connectivity index (χ1v) is 10.0. The van der Waals surface area contributed by atoms with Gasteiger partial charge in [-0.05, 0) is 62.1 Å². The van der Waals surface area contributed by atoms with Gasteiger partial charge in [0.1, 0.15) is 11.2 Å². The van der Waals surface area contributed by atoms with Crippen molar-refractivity contribution in [3.8, 4) is 11.5 Å². The number of hydrogen-bond donors (Lipinski definition) is 1. The SMILES string of the molecule is CCn1cc(C(=O)NC2CCc3cc(OC)c(OC)cc32)c(=O)c2ccc(C)nc21. The first-order valence-electron chi connectivity index (χ1n) is 10.0. The Kier molecular flexibility index (Phi) is 5.20. The third-order valence-electron chi connectivity index (χ3n) is 5.67. The van der Waals surface area contributed by atoms with E-state index < -0.39 is 0 Å². The zero-order valence-electron chi connectivity index (χ0n) is 17.6. The average Bonchev–Trinajstić information content (AvgIpc) is 3.14. The van der Waals surface area contributed by atoms with Crippen molar-refractivity contribution in [2.45, 2.75) is 39.3 Å². The maximum atomic E-state index is 13.1. The summed E-state index contributed by atoms with van der Waals surface area (Å²) < 4.78 is 12.6. The predicted molar refractivity (Wildman–Crippen MR) is 114 cm³/mol. The Balaban J connectivity index is 1.70. The van der Waals surface area contributed by atoms with Crippen LogP contribution in [0.3, 0.4) is 0 Å². The number of aryl methyl sites for hydroxylation is 3. The van der Waals surface area contributed by atoms with Crippen LogP contribution in [-0.4, -0.2) is 29.7 Å². The number of fused-ring (bicyclic) bond motifs is 2. The van der Waals surface area contributed by atoms with Crippen LogP contribution in [0.4, 0.5) is 0 Å². The minimum absolute atomic E-state index is 0.129. The molecule has 2 heterocycles. The fraction of sp³-hybridized carbons (Fsp3) is 0.348. The number of nitrogens with zero attached hydrogens (tertiary/aromatic N) is 2. The lowest BCUT2D eigenvalue weighted by Gasteiger charge is -2.17. The van der Waals surface area contributed by atoms with E-state index in [-0.39, 0.29) is 22.9 Å². The van der Waals surface area contributed by atoms with Gasteiger partial charge < -0.3 is 19.4 Å². The van der Waals surface area contributed by atoms with Crippen LogP contribution in [-0.2, 0) is 13.0 Å². The number of carbonyl (C=O) groups excluding carboxylic acids is 1. The van der Waals surface area contributed by atoms with Gasteiger partial charge in [0, 0.05) is 18.4 Å². The molecule has 3 aromatic rings. The Morgan fingerprint density at radius 3 is 2.67 bits per heavy atom. The minimum atomic E-state index is -0.377. The first-order chi connectivity index (χ1) is 14.5. The number of amides is 1. The molecule has 7 nitrogen and oxygen atoms in total. The van der Waals surface area contributed by atoms with Crippen molar-refractivity contribution < 1.29 is 14.3 Å². The van der Waals surface area contributed by atoms with Gasteiger partial charge in [0.2, 0.25) is 5.43 Å². The highest BCUT2D eigenvalue weighted by Crippen LogP contribution is 2.39. The molecule has 2 aromatic heterocycles. The molecule has 4 rings (SSSR count). The zero-order chi connectivity index (χ0) is 21.4. The quantitative estimate of drug-likeness (QED) is 0.703. The maximum absolute atomic E-state index is 13.1. The molecular formula is C23H25N3O4. The van der Waals surface area contributed by atoms with Gasteiger partial charge >= 0.3 is 0 Å². The van der Waals surface area contributed by atoms with E-state index in [1.807, 2.05) is 30.5 Å². The number of pyridine rings is 2. The molecule has 0 bridgehead atoms. The molecule has 1 unspecified atom stereocenters. The molecule has 0 spiro atoms. The van der Waals surface area contributed by atoms with Gasteiger partial charge in [-0.3, -0.25) is 9.59 Å². The number of benzene rings is 1. The lowest BCUT2D eigenvalue weighted by Crippen LogP contribution is -2.32. The summed E-state index contributed by atoms with van der Waals surface area (Å²) in [5.74, 6) is 0.918. The van der Waals surface area contributed by atoms with Crippen LogP contribution in [0.5, 0.6) is 11.5 Å². The number of ether oxygens (including phenoxy) is 2. The van der Waals surface area contributed by atoms with Crippen LogP contribution in [0.25, 0.3) is 11.0 Å². The Morgan fingerprint density at radius 2 is 1.97 bits per heavy atom. The lowest BCUT2D eigenvalue weighted by atomic mass is 10.1. The van der Waals surface area contributed by atoms with Crippen molar-refractivity contribution >= 4 is 16.9 Å². The third kappa shape index (κ3) is 3.30. The second-order valence-electron chi connectivity index (χ2n) is 7.45. The summed E-state index contributed by atoms with van der Waals surface area (Å²) in [5.41, 5.74) is 3.36. The predicted octanol–water partition coefficient (Wildman–Crippen LogP) is 3.16. The maximum Gasteiger partial charge on any atom is 0.257 e. The van der Waals surface area contributed by atoms with Gasteiger partial charge in [0.15, 0.2) is 11.5 Å². The second-order valence-corrected chi connectivity index (χ2v) is 7.45. The smallest absolute Gasteiger partial charge is 0.257 e. The van der Waals surface area contributed by atoms with Crippen molar-refractivity contribution in [3.05, 3.63) is 63.1 Å². The van der Waals surface area contributed by atoms with E-state index in [4.69, 9.17) is 9.47 Å². The van der Waals surface area contributed by atoms with Crippen molar-refractivity contribution in [3.63, 3.8) is 0 Å². The molecule has 0 saturated heterocycles. The molecule has 1 aliphatic carbocycles. The molecule has 1 N–H and O–H groups in total. The van der Waals surface area contributed by atoms with Gasteiger partial charge in [-0.25, -0.2) is 4.98 Å². The molecule has 0 radical (unpaired) electrons. The number of nitrogens with one attached hydrogen (secondary N) is 1. The first kappa shape index (κ1) is 19.9. The highest BCUT2D eigenvalue weighted by atomic mass is 16.5. The summed E-state index contributed by atoms with van der Waals surface area (Å²) in [7, 11) is 3.19. The Bertz CT molecular complexity index is 1200. The molecule has 1 amide bonds. The summed E-state index contributed by atoms with van der Waals surface area (Å²) in [4.78, 5) is 30.6. The van der Waals surface area contributed by atoms with Gasteiger partial charge in [-0.15, -0.1) is 0 Å². The van der Waals surface area contributed by atoms with Crippen molar-refractivity contribution in [1.82, 2.24) is 14.9 Å². The Hall–Kier alpha value is -3.35. The van der Waals surface area contributed by atoms with Gasteiger partial charge in [0.25, 0.3) is 5.91 Å².